The van der Waals surface area contributed by atoms with Crippen LogP contribution in [-0.2, 0) is 11.2 Å². The van der Waals surface area contributed by atoms with Gasteiger partial charge in [-0.1, -0.05) is 33.1 Å². The number of hydrogen-bond donors (Lipinski definition) is 1. The van der Waals surface area contributed by atoms with Gasteiger partial charge in [-0.2, -0.15) is 0 Å². The molecule has 4 nitrogen and oxygen atoms in total. The maximum absolute atomic E-state index is 12.1. The van der Waals surface area contributed by atoms with Gasteiger partial charge in [0, 0.05) is 29.9 Å². The average molecular weight is 331 g/mol. The monoisotopic (exact) mass is 331 g/mol. The van der Waals surface area contributed by atoms with Crippen LogP contribution in [0.5, 0.6) is 0 Å². The van der Waals surface area contributed by atoms with E-state index in [0.29, 0.717) is 12.3 Å². The van der Waals surface area contributed by atoms with Crippen LogP contribution in [0.3, 0.4) is 0 Å². The first-order valence-electron chi connectivity index (χ1n) is 8.34. The molecule has 2 aromatic heterocycles. The molecule has 0 fully saturated rings. The summed E-state index contributed by atoms with van der Waals surface area (Å²) in [4.78, 5) is 20.7. The van der Waals surface area contributed by atoms with Crippen LogP contribution in [0, 0.1) is 5.92 Å². The van der Waals surface area contributed by atoms with Gasteiger partial charge >= 0.3 is 0 Å². The van der Waals surface area contributed by atoms with Gasteiger partial charge in [0.25, 0.3) is 0 Å². The first kappa shape index (κ1) is 17.6. The van der Waals surface area contributed by atoms with Crippen LogP contribution >= 0.6 is 11.3 Å². The van der Waals surface area contributed by atoms with Gasteiger partial charge in [0.15, 0.2) is 0 Å². The highest BCUT2D eigenvalue weighted by Crippen LogP contribution is 2.22. The van der Waals surface area contributed by atoms with E-state index in [4.69, 9.17) is 0 Å². The fourth-order valence-electron chi connectivity index (χ4n) is 2.44. The van der Waals surface area contributed by atoms with Crippen LogP contribution in [0.2, 0.25) is 0 Å². The van der Waals surface area contributed by atoms with Crippen LogP contribution < -0.4 is 5.32 Å². The van der Waals surface area contributed by atoms with Gasteiger partial charge < -0.3 is 5.32 Å². The number of rotatable bonds is 9. The Morgan fingerprint density at radius 2 is 2.26 bits per heavy atom. The summed E-state index contributed by atoms with van der Waals surface area (Å²) < 4.78 is 0. The Bertz CT molecular complexity index is 597. The van der Waals surface area contributed by atoms with E-state index in [1.807, 2.05) is 17.5 Å². The number of carbonyl (C=O) groups excluding carboxylic acids is 1. The fraction of sp³-hybridized carbons (Fsp3) is 0.500. The Hall–Kier alpha value is -1.75. The topological polar surface area (TPSA) is 54.9 Å². The quantitative estimate of drug-likeness (QED) is 0.753. The van der Waals surface area contributed by atoms with Gasteiger partial charge in [0.1, 0.15) is 5.01 Å². The number of carbonyl (C=O) groups is 1. The molecule has 0 aromatic carbocycles. The Morgan fingerprint density at radius 3 is 2.96 bits per heavy atom. The van der Waals surface area contributed by atoms with Crippen molar-refractivity contribution >= 4 is 17.2 Å². The van der Waals surface area contributed by atoms with Gasteiger partial charge in [0.05, 0.1) is 12.1 Å². The van der Waals surface area contributed by atoms with E-state index in [0.717, 1.165) is 29.2 Å². The molecule has 0 saturated carbocycles. The molecule has 0 bridgehead atoms. The molecular weight excluding hydrogens is 306 g/mol. The van der Waals surface area contributed by atoms with E-state index in [1.54, 1.807) is 23.7 Å². The van der Waals surface area contributed by atoms with Crippen molar-refractivity contribution in [2.75, 3.05) is 6.54 Å². The second-order valence-corrected chi connectivity index (χ2v) is 6.64. The van der Waals surface area contributed by atoms with Crippen molar-refractivity contribution < 1.29 is 4.79 Å². The maximum Gasteiger partial charge on any atom is 0.226 e. The number of pyridine rings is 1. The molecule has 2 heterocycles. The number of aromatic nitrogens is 2. The third-order valence-corrected chi connectivity index (χ3v) is 4.87. The van der Waals surface area contributed by atoms with Gasteiger partial charge in [-0.3, -0.25) is 9.78 Å². The van der Waals surface area contributed by atoms with Crippen molar-refractivity contribution in [1.29, 1.82) is 0 Å². The number of nitrogens with zero attached hydrogens (tertiary/aromatic N) is 2. The SMILES string of the molecule is CCCCC(CC)CNC(=O)Cc1csc(-c2cccnc2)n1. The third-order valence-electron chi connectivity index (χ3n) is 3.93. The highest BCUT2D eigenvalue weighted by Gasteiger charge is 2.11. The molecule has 5 heteroatoms. The summed E-state index contributed by atoms with van der Waals surface area (Å²) in [5.41, 5.74) is 1.82. The highest BCUT2D eigenvalue weighted by atomic mass is 32.1. The summed E-state index contributed by atoms with van der Waals surface area (Å²) in [6, 6.07) is 3.87. The Morgan fingerprint density at radius 1 is 1.39 bits per heavy atom. The van der Waals surface area contributed by atoms with Crippen LogP contribution in [0.25, 0.3) is 10.6 Å². The van der Waals surface area contributed by atoms with Gasteiger partial charge in [0.2, 0.25) is 5.91 Å². The van der Waals surface area contributed by atoms with Crippen molar-refractivity contribution in [3.63, 3.8) is 0 Å². The summed E-state index contributed by atoms with van der Waals surface area (Å²) in [7, 11) is 0. The molecule has 0 aliphatic carbocycles. The molecule has 0 spiro atoms. The van der Waals surface area contributed by atoms with Crippen molar-refractivity contribution in [3.05, 3.63) is 35.6 Å². The second-order valence-electron chi connectivity index (χ2n) is 5.78. The third kappa shape index (κ3) is 5.75. The number of thiazole rings is 1. The van der Waals surface area contributed by atoms with E-state index in [-0.39, 0.29) is 5.91 Å². The minimum Gasteiger partial charge on any atom is -0.355 e. The van der Waals surface area contributed by atoms with Crippen molar-refractivity contribution in [2.24, 2.45) is 5.92 Å². The van der Waals surface area contributed by atoms with Crippen molar-refractivity contribution in [3.8, 4) is 10.6 Å². The number of nitrogens with one attached hydrogen (secondary N) is 1. The highest BCUT2D eigenvalue weighted by molar-refractivity contribution is 7.13. The zero-order valence-corrected chi connectivity index (χ0v) is 14.7. The lowest BCUT2D eigenvalue weighted by Crippen LogP contribution is -2.30. The second kappa shape index (κ2) is 9.40. The van der Waals surface area contributed by atoms with Crippen molar-refractivity contribution in [2.45, 2.75) is 46.0 Å². The maximum atomic E-state index is 12.1. The lowest BCUT2D eigenvalue weighted by molar-refractivity contribution is -0.120. The fourth-order valence-corrected chi connectivity index (χ4v) is 3.25. The van der Waals surface area contributed by atoms with Crippen LogP contribution in [0.15, 0.2) is 29.9 Å². The van der Waals surface area contributed by atoms with Crippen molar-refractivity contribution in [1.82, 2.24) is 15.3 Å². The average Bonchev–Trinajstić information content (AvgIpc) is 3.04. The Kier molecular flexibility index (Phi) is 7.20. The normalized spacial score (nSPS) is 12.1. The first-order valence-corrected chi connectivity index (χ1v) is 9.22. The number of unbranched alkanes of at least 4 members (excludes halogenated alkanes) is 1. The summed E-state index contributed by atoms with van der Waals surface area (Å²) >= 11 is 1.55. The number of hydrogen-bond acceptors (Lipinski definition) is 4. The minimum absolute atomic E-state index is 0.0583. The molecule has 2 aromatic rings. The van der Waals surface area contributed by atoms with Crippen LogP contribution in [0.1, 0.15) is 45.2 Å². The largest absolute Gasteiger partial charge is 0.355 e. The van der Waals surface area contributed by atoms with Gasteiger partial charge in [-0.05, 0) is 24.5 Å². The summed E-state index contributed by atoms with van der Waals surface area (Å²) in [5.74, 6) is 0.642. The zero-order valence-electron chi connectivity index (χ0n) is 13.9. The minimum atomic E-state index is 0.0583. The van der Waals surface area contributed by atoms with E-state index in [9.17, 15) is 4.79 Å². The first-order chi connectivity index (χ1) is 11.2. The van der Waals surface area contributed by atoms with E-state index >= 15 is 0 Å². The lowest BCUT2D eigenvalue weighted by Gasteiger charge is -2.14. The van der Waals surface area contributed by atoms with E-state index in [2.05, 4.69) is 29.1 Å². The molecule has 0 saturated heterocycles. The Balaban J connectivity index is 1.83. The van der Waals surface area contributed by atoms with Gasteiger partial charge in [-0.25, -0.2) is 4.98 Å². The predicted molar refractivity (Wildman–Crippen MR) is 95.4 cm³/mol. The molecule has 1 amide bonds. The standard InChI is InChI=1S/C18H25N3OS/c1-3-5-7-14(4-2)11-20-17(22)10-16-13-23-18(21-16)15-8-6-9-19-12-15/h6,8-9,12-14H,3-5,7,10-11H2,1-2H3,(H,20,22). The van der Waals surface area contributed by atoms with E-state index in [1.165, 1.54) is 19.3 Å². The smallest absolute Gasteiger partial charge is 0.226 e. The number of amides is 1. The predicted octanol–water partition coefficient (Wildman–Crippen LogP) is 4.08. The lowest BCUT2D eigenvalue weighted by atomic mass is 9.99. The molecule has 2 rings (SSSR count). The molecular formula is C18H25N3OS. The molecule has 0 aliphatic heterocycles. The molecule has 1 N–H and O–H groups in total. The molecule has 0 aliphatic rings. The summed E-state index contributed by atoms with van der Waals surface area (Å²) in [6.45, 7) is 5.16. The molecule has 1 atom stereocenters. The van der Waals surface area contributed by atoms with Gasteiger partial charge in [-0.15, -0.1) is 11.3 Å². The zero-order chi connectivity index (χ0) is 16.5. The molecule has 124 valence electrons. The Labute approximate surface area is 142 Å². The summed E-state index contributed by atoms with van der Waals surface area (Å²) in [6.07, 6.45) is 8.63. The van der Waals surface area contributed by atoms with E-state index < -0.39 is 0 Å². The molecule has 1 unspecified atom stereocenters. The summed E-state index contributed by atoms with van der Waals surface area (Å²) in [5, 5.41) is 5.92. The van der Waals surface area contributed by atoms with Crippen LogP contribution in [0.4, 0.5) is 0 Å². The molecule has 23 heavy (non-hydrogen) atoms. The van der Waals surface area contributed by atoms with Crippen LogP contribution in [-0.4, -0.2) is 22.4 Å². The molecule has 0 radical (unpaired) electrons.